The highest BCUT2D eigenvalue weighted by molar-refractivity contribution is 5.29. The van der Waals surface area contributed by atoms with Crippen molar-refractivity contribution < 1.29 is 0 Å². The van der Waals surface area contributed by atoms with Crippen LogP contribution >= 0.6 is 0 Å². The normalized spacial score (nSPS) is 20.3. The Morgan fingerprint density at radius 3 is 2.42 bits per heavy atom. The van der Waals surface area contributed by atoms with Gasteiger partial charge in [-0.05, 0) is 18.6 Å². The first-order chi connectivity index (χ1) is 9.33. The molecule has 0 spiro atoms. The summed E-state index contributed by atoms with van der Waals surface area (Å²) in [7, 11) is 0. The van der Waals surface area contributed by atoms with Gasteiger partial charge in [-0.25, -0.2) is 9.97 Å². The molecule has 0 radical (unpaired) electrons. The standard InChI is InChI=1S/C14H21N5/c1-12(13-9-15-10-13)11-18-5-7-19(8-6-18)14-16-3-2-4-17-14/h2-4,15H,5-11H2,1H3. The number of hydrogen-bond acceptors (Lipinski definition) is 5. The van der Waals surface area contributed by atoms with Crippen LogP contribution < -0.4 is 10.2 Å². The zero-order valence-electron chi connectivity index (χ0n) is 11.5. The maximum atomic E-state index is 4.32. The van der Waals surface area contributed by atoms with Crippen molar-refractivity contribution in [3.63, 3.8) is 0 Å². The summed E-state index contributed by atoms with van der Waals surface area (Å²) < 4.78 is 0. The Hall–Kier alpha value is -1.46. The van der Waals surface area contributed by atoms with Gasteiger partial charge in [0, 0.05) is 58.2 Å². The predicted octanol–water partition coefficient (Wildman–Crippen LogP) is 0.518. The van der Waals surface area contributed by atoms with Crippen LogP contribution in [0.1, 0.15) is 6.92 Å². The van der Waals surface area contributed by atoms with Crippen molar-refractivity contribution in [2.45, 2.75) is 6.92 Å². The van der Waals surface area contributed by atoms with Gasteiger partial charge in [0.05, 0.1) is 0 Å². The summed E-state index contributed by atoms with van der Waals surface area (Å²) in [5.74, 6) is 0.861. The van der Waals surface area contributed by atoms with Gasteiger partial charge in [0.2, 0.25) is 5.95 Å². The summed E-state index contributed by atoms with van der Waals surface area (Å²) in [5, 5.41) is 3.31. The molecule has 5 nitrogen and oxygen atoms in total. The number of nitrogens with zero attached hydrogens (tertiary/aromatic N) is 4. The minimum Gasteiger partial charge on any atom is -0.338 e. The van der Waals surface area contributed by atoms with Gasteiger partial charge in [0.1, 0.15) is 0 Å². The Labute approximate surface area is 114 Å². The first-order valence-corrected chi connectivity index (χ1v) is 6.95. The van der Waals surface area contributed by atoms with E-state index in [-0.39, 0.29) is 0 Å². The first-order valence-electron chi connectivity index (χ1n) is 6.95. The van der Waals surface area contributed by atoms with Gasteiger partial charge in [-0.15, -0.1) is 0 Å². The van der Waals surface area contributed by atoms with Gasteiger partial charge in [-0.1, -0.05) is 5.57 Å². The molecule has 3 heterocycles. The number of rotatable bonds is 3. The lowest BCUT2D eigenvalue weighted by Crippen LogP contribution is -2.48. The highest BCUT2D eigenvalue weighted by Crippen LogP contribution is 2.14. The van der Waals surface area contributed by atoms with Crippen LogP contribution in [-0.2, 0) is 0 Å². The lowest BCUT2D eigenvalue weighted by Gasteiger charge is -2.35. The van der Waals surface area contributed by atoms with E-state index in [0.29, 0.717) is 0 Å². The number of piperazine rings is 1. The molecule has 5 heteroatoms. The second-order valence-corrected chi connectivity index (χ2v) is 5.30. The van der Waals surface area contributed by atoms with Crippen LogP contribution in [0.3, 0.4) is 0 Å². The molecule has 1 N–H and O–H groups in total. The van der Waals surface area contributed by atoms with E-state index in [1.807, 2.05) is 18.5 Å². The topological polar surface area (TPSA) is 44.3 Å². The molecule has 3 rings (SSSR count). The van der Waals surface area contributed by atoms with Gasteiger partial charge >= 0.3 is 0 Å². The van der Waals surface area contributed by atoms with Gasteiger partial charge in [0.25, 0.3) is 0 Å². The summed E-state index contributed by atoms with van der Waals surface area (Å²) >= 11 is 0. The fraction of sp³-hybridized carbons (Fsp3) is 0.571. The second kappa shape index (κ2) is 5.67. The summed E-state index contributed by atoms with van der Waals surface area (Å²) in [6.45, 7) is 9.78. The summed E-state index contributed by atoms with van der Waals surface area (Å²) in [6.07, 6.45) is 3.62. The van der Waals surface area contributed by atoms with Crippen LogP contribution in [0.25, 0.3) is 0 Å². The van der Waals surface area contributed by atoms with E-state index in [1.54, 1.807) is 11.1 Å². The molecule has 0 atom stereocenters. The monoisotopic (exact) mass is 259 g/mol. The Kier molecular flexibility index (Phi) is 3.75. The molecule has 2 fully saturated rings. The van der Waals surface area contributed by atoms with Crippen LogP contribution in [0.2, 0.25) is 0 Å². The van der Waals surface area contributed by atoms with E-state index >= 15 is 0 Å². The molecular formula is C14H21N5. The Morgan fingerprint density at radius 1 is 1.16 bits per heavy atom. The summed E-state index contributed by atoms with van der Waals surface area (Å²) in [6, 6.07) is 1.86. The molecule has 2 aliphatic rings. The van der Waals surface area contributed by atoms with E-state index < -0.39 is 0 Å². The van der Waals surface area contributed by atoms with Crippen LogP contribution in [-0.4, -0.2) is 60.7 Å². The third-order valence-electron chi connectivity index (χ3n) is 3.95. The second-order valence-electron chi connectivity index (χ2n) is 5.30. The molecular weight excluding hydrogens is 238 g/mol. The molecule has 19 heavy (non-hydrogen) atoms. The first kappa shape index (κ1) is 12.6. The van der Waals surface area contributed by atoms with E-state index in [9.17, 15) is 0 Å². The molecule has 0 bridgehead atoms. The third-order valence-corrected chi connectivity index (χ3v) is 3.95. The van der Waals surface area contributed by atoms with E-state index in [4.69, 9.17) is 0 Å². The van der Waals surface area contributed by atoms with E-state index in [1.165, 1.54) is 0 Å². The van der Waals surface area contributed by atoms with Crippen molar-refractivity contribution in [3.8, 4) is 0 Å². The predicted molar refractivity (Wildman–Crippen MR) is 76.3 cm³/mol. The molecule has 1 aromatic heterocycles. The van der Waals surface area contributed by atoms with Crippen molar-refractivity contribution in [2.24, 2.45) is 0 Å². The fourth-order valence-corrected chi connectivity index (χ4v) is 2.56. The quantitative estimate of drug-likeness (QED) is 0.802. The Balaban J connectivity index is 1.52. The molecule has 1 aromatic rings. The highest BCUT2D eigenvalue weighted by atomic mass is 15.3. The minimum atomic E-state index is 0.861. The minimum absolute atomic E-state index is 0.861. The van der Waals surface area contributed by atoms with Crippen LogP contribution in [0.4, 0.5) is 5.95 Å². The van der Waals surface area contributed by atoms with Crippen molar-refractivity contribution in [1.29, 1.82) is 0 Å². The zero-order chi connectivity index (χ0) is 13.1. The SMILES string of the molecule is CC(CN1CCN(c2ncccn2)CC1)=C1CNC1. The molecule has 2 saturated heterocycles. The highest BCUT2D eigenvalue weighted by Gasteiger charge is 2.20. The van der Waals surface area contributed by atoms with Gasteiger partial charge in [-0.3, -0.25) is 4.90 Å². The molecule has 2 aliphatic heterocycles. The lowest BCUT2D eigenvalue weighted by atomic mass is 10.0. The number of anilines is 1. The van der Waals surface area contributed by atoms with Crippen molar-refractivity contribution in [3.05, 3.63) is 29.6 Å². The van der Waals surface area contributed by atoms with Crippen LogP contribution in [0.5, 0.6) is 0 Å². The molecule has 0 aliphatic carbocycles. The molecule has 102 valence electrons. The Morgan fingerprint density at radius 2 is 1.84 bits per heavy atom. The third kappa shape index (κ3) is 2.93. The van der Waals surface area contributed by atoms with E-state index in [2.05, 4.69) is 32.0 Å². The zero-order valence-corrected chi connectivity index (χ0v) is 11.5. The molecule has 0 saturated carbocycles. The van der Waals surface area contributed by atoms with Crippen LogP contribution in [0, 0.1) is 0 Å². The fourth-order valence-electron chi connectivity index (χ4n) is 2.56. The molecule has 0 aromatic carbocycles. The molecule has 0 unspecified atom stereocenters. The lowest BCUT2D eigenvalue weighted by molar-refractivity contribution is 0.275. The average molecular weight is 259 g/mol. The van der Waals surface area contributed by atoms with Crippen molar-refractivity contribution >= 4 is 5.95 Å². The van der Waals surface area contributed by atoms with Gasteiger partial charge < -0.3 is 10.2 Å². The summed E-state index contributed by atoms with van der Waals surface area (Å²) in [4.78, 5) is 13.4. The Bertz CT molecular complexity index is 442. The average Bonchev–Trinajstić information content (AvgIpc) is 2.38. The molecule has 0 amide bonds. The smallest absolute Gasteiger partial charge is 0.225 e. The van der Waals surface area contributed by atoms with Gasteiger partial charge in [0.15, 0.2) is 0 Å². The van der Waals surface area contributed by atoms with Gasteiger partial charge in [-0.2, -0.15) is 0 Å². The maximum Gasteiger partial charge on any atom is 0.225 e. The van der Waals surface area contributed by atoms with Crippen molar-refractivity contribution in [2.75, 3.05) is 50.7 Å². The largest absolute Gasteiger partial charge is 0.338 e. The number of hydrogen-bond donors (Lipinski definition) is 1. The van der Waals surface area contributed by atoms with Crippen molar-refractivity contribution in [1.82, 2.24) is 20.2 Å². The maximum absolute atomic E-state index is 4.32. The van der Waals surface area contributed by atoms with Crippen LogP contribution in [0.15, 0.2) is 29.6 Å². The van der Waals surface area contributed by atoms with E-state index in [0.717, 1.165) is 51.8 Å². The number of nitrogens with one attached hydrogen (secondary N) is 1. The summed E-state index contributed by atoms with van der Waals surface area (Å²) in [5.41, 5.74) is 3.14. The number of aromatic nitrogens is 2.